The first kappa shape index (κ1) is 43.9. The summed E-state index contributed by atoms with van der Waals surface area (Å²) < 4.78 is 0. The van der Waals surface area contributed by atoms with E-state index in [1.165, 1.54) is 59.8 Å². The first-order valence-corrected chi connectivity index (χ1v) is 6.02. The zero-order chi connectivity index (χ0) is 17.6. The van der Waals surface area contributed by atoms with Gasteiger partial charge in [-0.3, -0.25) is 14.4 Å². The van der Waals surface area contributed by atoms with Crippen molar-refractivity contribution in [3.63, 3.8) is 0 Å². The minimum absolute atomic E-state index is 0. The molecular formula is C15H30GdO9. The Labute approximate surface area is 179 Å². The van der Waals surface area contributed by atoms with Gasteiger partial charge in [0.05, 0.1) is 17.3 Å². The molecule has 0 fully saturated rings. The molecule has 0 aromatic carbocycles. The van der Waals surface area contributed by atoms with Gasteiger partial charge in [0.25, 0.3) is 0 Å². The maximum Gasteiger partial charge on any atom is 0.155 e. The van der Waals surface area contributed by atoms with Crippen LogP contribution < -0.4 is 0 Å². The summed E-state index contributed by atoms with van der Waals surface area (Å²) in [6.07, 6.45) is 3.50. The molecule has 0 rings (SSSR count). The maximum atomic E-state index is 10.0. The molecule has 9 N–H and O–H groups in total. The number of aliphatic hydroxyl groups excluding tert-OH is 3. The van der Waals surface area contributed by atoms with Crippen LogP contribution in [0.25, 0.3) is 0 Å². The summed E-state index contributed by atoms with van der Waals surface area (Å²) in [5.41, 5.74) is 0. The fourth-order valence-corrected chi connectivity index (χ4v) is 0.882. The summed E-state index contributed by atoms with van der Waals surface area (Å²) in [5.74, 6) is -0.187. The predicted octanol–water partition coefficient (Wildman–Crippen LogP) is 0.637. The average Bonchev–Trinajstić information content (AvgIpc) is 2.10. The van der Waals surface area contributed by atoms with Crippen molar-refractivity contribution in [3.8, 4) is 0 Å². The van der Waals surface area contributed by atoms with Crippen LogP contribution in [0.15, 0.2) is 35.5 Å². The van der Waals surface area contributed by atoms with E-state index in [-0.39, 0.29) is 91.0 Å². The van der Waals surface area contributed by atoms with Crippen LogP contribution in [0.4, 0.5) is 0 Å². The third-order valence-corrected chi connectivity index (χ3v) is 1.24. The predicted molar refractivity (Wildman–Crippen MR) is 92.0 cm³/mol. The fraction of sp³-hybridized carbons (Fsp3) is 0.400. The SMILES string of the molecule is CC(=O)/C=C(\C)O.CC(=O)/C=C(\C)O.CC(=O)/C=C(\C)O.O.O.O.[Gd]. The van der Waals surface area contributed by atoms with E-state index in [0.717, 1.165) is 0 Å². The Morgan fingerprint density at radius 2 is 0.640 bits per heavy atom. The number of hydrogen-bond acceptors (Lipinski definition) is 6. The van der Waals surface area contributed by atoms with Crippen molar-refractivity contribution in [2.45, 2.75) is 41.5 Å². The first-order chi connectivity index (χ1) is 9.38. The van der Waals surface area contributed by atoms with E-state index in [1.807, 2.05) is 0 Å². The van der Waals surface area contributed by atoms with Crippen molar-refractivity contribution < 1.29 is 86.1 Å². The third kappa shape index (κ3) is 84.4. The molecule has 25 heavy (non-hydrogen) atoms. The molecule has 0 aliphatic carbocycles. The second kappa shape index (κ2) is 27.7. The van der Waals surface area contributed by atoms with Gasteiger partial charge in [0, 0.05) is 58.2 Å². The van der Waals surface area contributed by atoms with Gasteiger partial charge in [-0.15, -0.1) is 0 Å². The Hall–Kier alpha value is -1.17. The van der Waals surface area contributed by atoms with E-state index in [2.05, 4.69) is 0 Å². The Morgan fingerprint density at radius 3 is 0.640 bits per heavy atom. The van der Waals surface area contributed by atoms with E-state index < -0.39 is 0 Å². The molecule has 0 bridgehead atoms. The number of carbonyl (C=O) groups excluding carboxylic acids is 3. The van der Waals surface area contributed by atoms with Crippen LogP contribution in [0, 0.1) is 39.9 Å². The molecule has 0 radical (unpaired) electrons. The maximum absolute atomic E-state index is 10.0. The van der Waals surface area contributed by atoms with Gasteiger partial charge in [0.1, 0.15) is 0 Å². The van der Waals surface area contributed by atoms with E-state index in [4.69, 9.17) is 15.3 Å². The van der Waals surface area contributed by atoms with Gasteiger partial charge < -0.3 is 31.7 Å². The standard InChI is InChI=1S/3C5H8O2.Gd.3H2O/c3*1-4(6)3-5(2)7;;;;/h3*3,6H,1-2H3;;3*1H2/b3*4-3+;;;;. The van der Waals surface area contributed by atoms with Crippen LogP contribution in [-0.2, 0) is 14.4 Å². The number of allylic oxidation sites excluding steroid dienone is 6. The number of ketones is 3. The summed E-state index contributed by atoms with van der Waals surface area (Å²) in [6, 6.07) is 0. The smallest absolute Gasteiger partial charge is 0.155 e. The minimum Gasteiger partial charge on any atom is -0.512 e. The Morgan fingerprint density at radius 1 is 0.520 bits per heavy atom. The summed E-state index contributed by atoms with van der Waals surface area (Å²) >= 11 is 0. The summed E-state index contributed by atoms with van der Waals surface area (Å²) in [7, 11) is 0. The molecule has 0 aliphatic rings. The van der Waals surface area contributed by atoms with Crippen LogP contribution in [0.5, 0.6) is 0 Å². The molecule has 9 nitrogen and oxygen atoms in total. The zero-order valence-corrected chi connectivity index (χ0v) is 17.4. The second-order valence-electron chi connectivity index (χ2n) is 4.19. The first-order valence-electron chi connectivity index (χ1n) is 6.02. The van der Waals surface area contributed by atoms with Crippen LogP contribution in [0.2, 0.25) is 0 Å². The van der Waals surface area contributed by atoms with Gasteiger partial charge in [-0.1, -0.05) is 0 Å². The molecule has 0 atom stereocenters. The molecule has 152 valence electrons. The van der Waals surface area contributed by atoms with Crippen molar-refractivity contribution in [2.75, 3.05) is 0 Å². The normalized spacial score (nSPS) is 9.60. The summed E-state index contributed by atoms with van der Waals surface area (Å²) in [5, 5.41) is 25.1. The van der Waals surface area contributed by atoms with Gasteiger partial charge in [0.2, 0.25) is 0 Å². The Kier molecular flexibility index (Phi) is 48.5. The van der Waals surface area contributed by atoms with Gasteiger partial charge in [-0.2, -0.15) is 0 Å². The number of carbonyl (C=O) groups is 3. The van der Waals surface area contributed by atoms with Gasteiger partial charge in [-0.25, -0.2) is 0 Å². The Bertz CT molecular complexity index is 373. The molecular weight excluding hydrogens is 481 g/mol. The fourth-order valence-electron chi connectivity index (χ4n) is 0.882. The largest absolute Gasteiger partial charge is 0.512 e. The number of rotatable bonds is 3. The average molecular weight is 512 g/mol. The monoisotopic (exact) mass is 512 g/mol. The van der Waals surface area contributed by atoms with Crippen molar-refractivity contribution in [1.29, 1.82) is 0 Å². The van der Waals surface area contributed by atoms with Crippen molar-refractivity contribution in [2.24, 2.45) is 0 Å². The molecule has 0 saturated heterocycles. The van der Waals surface area contributed by atoms with Crippen molar-refractivity contribution >= 4 is 17.3 Å². The molecule has 0 saturated carbocycles. The van der Waals surface area contributed by atoms with Crippen molar-refractivity contribution in [3.05, 3.63) is 35.5 Å². The van der Waals surface area contributed by atoms with Gasteiger partial charge >= 0.3 is 0 Å². The van der Waals surface area contributed by atoms with Gasteiger partial charge in [-0.05, 0) is 41.5 Å². The quantitative estimate of drug-likeness (QED) is 0.365. The van der Waals surface area contributed by atoms with E-state index in [9.17, 15) is 14.4 Å². The molecule has 0 aromatic heterocycles. The number of aliphatic hydroxyl groups is 3. The molecule has 10 heteroatoms. The molecule has 0 unspecified atom stereocenters. The van der Waals surface area contributed by atoms with E-state index in [1.54, 1.807) is 0 Å². The van der Waals surface area contributed by atoms with Crippen molar-refractivity contribution in [1.82, 2.24) is 0 Å². The Balaban J connectivity index is -0.0000000360. The van der Waals surface area contributed by atoms with Gasteiger partial charge in [0.15, 0.2) is 17.3 Å². The molecule has 0 aromatic rings. The minimum atomic E-state index is -0.125. The zero-order valence-electron chi connectivity index (χ0n) is 15.2. The van der Waals surface area contributed by atoms with Crippen LogP contribution in [-0.4, -0.2) is 49.1 Å². The number of hydrogen-bond donors (Lipinski definition) is 3. The molecule has 0 heterocycles. The molecule has 0 aliphatic heterocycles. The molecule has 0 amide bonds. The summed E-state index contributed by atoms with van der Waals surface area (Å²) in [6.45, 7) is 8.54. The second-order valence-corrected chi connectivity index (χ2v) is 4.19. The van der Waals surface area contributed by atoms with E-state index in [0.29, 0.717) is 0 Å². The summed E-state index contributed by atoms with van der Waals surface area (Å²) in [4.78, 5) is 30.1. The molecule has 0 spiro atoms. The third-order valence-electron chi connectivity index (χ3n) is 1.24. The van der Waals surface area contributed by atoms with Crippen LogP contribution in [0.1, 0.15) is 41.5 Å². The van der Waals surface area contributed by atoms with E-state index >= 15 is 0 Å². The topological polar surface area (TPSA) is 206 Å². The van der Waals surface area contributed by atoms with Crippen LogP contribution >= 0.6 is 0 Å². The van der Waals surface area contributed by atoms with Crippen LogP contribution in [0.3, 0.4) is 0 Å².